The highest BCUT2D eigenvalue weighted by Gasteiger charge is 2.23. The molecular weight excluding hydrogens is 374 g/mol. The van der Waals surface area contributed by atoms with Crippen LogP contribution in [-0.2, 0) is 10.0 Å². The lowest BCUT2D eigenvalue weighted by atomic mass is 9.96. The van der Waals surface area contributed by atoms with Crippen molar-refractivity contribution in [2.75, 3.05) is 26.7 Å². The standard InChI is InChI=1S/C18H29N3O3S.ClH/c1-14(2)21(3)25(23,24)17-8-6-16(7-9-17)18(22)20-12-10-15-5-4-11-19-13-15;/h6-9,14-15,19H,4-5,10-13H2,1-3H3,(H,20,22);1H. The van der Waals surface area contributed by atoms with E-state index in [2.05, 4.69) is 10.6 Å². The molecule has 2 rings (SSSR count). The minimum atomic E-state index is -3.52. The second kappa shape index (κ2) is 10.3. The van der Waals surface area contributed by atoms with Crippen LogP contribution < -0.4 is 10.6 Å². The molecule has 26 heavy (non-hydrogen) atoms. The van der Waals surface area contributed by atoms with Crippen molar-refractivity contribution in [3.63, 3.8) is 0 Å². The van der Waals surface area contributed by atoms with Gasteiger partial charge in [0.25, 0.3) is 5.91 Å². The Kier molecular flexibility index (Phi) is 9.03. The number of nitrogens with one attached hydrogen (secondary N) is 2. The monoisotopic (exact) mass is 403 g/mol. The Bertz CT molecular complexity index is 671. The van der Waals surface area contributed by atoms with Crippen LogP contribution in [0.15, 0.2) is 29.2 Å². The Morgan fingerprint density at radius 2 is 1.96 bits per heavy atom. The first-order chi connectivity index (χ1) is 11.8. The van der Waals surface area contributed by atoms with E-state index in [4.69, 9.17) is 0 Å². The Labute approximate surface area is 163 Å². The molecule has 8 heteroatoms. The van der Waals surface area contributed by atoms with E-state index < -0.39 is 10.0 Å². The van der Waals surface area contributed by atoms with Gasteiger partial charge in [0.1, 0.15) is 0 Å². The molecule has 0 saturated carbocycles. The number of rotatable bonds is 7. The Morgan fingerprint density at radius 3 is 2.50 bits per heavy atom. The van der Waals surface area contributed by atoms with Crippen molar-refractivity contribution >= 4 is 28.3 Å². The van der Waals surface area contributed by atoms with E-state index in [1.807, 2.05) is 13.8 Å². The van der Waals surface area contributed by atoms with Crippen LogP contribution >= 0.6 is 12.4 Å². The van der Waals surface area contributed by atoms with E-state index in [1.54, 1.807) is 19.2 Å². The van der Waals surface area contributed by atoms with E-state index in [0.717, 1.165) is 19.5 Å². The van der Waals surface area contributed by atoms with Crippen molar-refractivity contribution < 1.29 is 13.2 Å². The molecule has 2 N–H and O–H groups in total. The molecule has 0 aliphatic carbocycles. The molecule has 1 unspecified atom stereocenters. The maximum Gasteiger partial charge on any atom is 0.251 e. The molecule has 0 spiro atoms. The van der Waals surface area contributed by atoms with Gasteiger partial charge in [0.05, 0.1) is 4.90 Å². The average Bonchev–Trinajstić information content (AvgIpc) is 2.61. The predicted molar refractivity (Wildman–Crippen MR) is 106 cm³/mol. The molecule has 1 aromatic carbocycles. The fourth-order valence-electron chi connectivity index (χ4n) is 2.88. The van der Waals surface area contributed by atoms with Gasteiger partial charge in [0.15, 0.2) is 0 Å². The van der Waals surface area contributed by atoms with E-state index >= 15 is 0 Å². The van der Waals surface area contributed by atoms with Crippen molar-refractivity contribution in [1.82, 2.24) is 14.9 Å². The van der Waals surface area contributed by atoms with Gasteiger partial charge >= 0.3 is 0 Å². The van der Waals surface area contributed by atoms with Crippen molar-refractivity contribution in [3.05, 3.63) is 29.8 Å². The highest BCUT2D eigenvalue weighted by atomic mass is 35.5. The maximum absolute atomic E-state index is 12.4. The summed E-state index contributed by atoms with van der Waals surface area (Å²) in [6.07, 6.45) is 3.36. The molecule has 1 fully saturated rings. The van der Waals surface area contributed by atoms with Gasteiger partial charge in [-0.2, -0.15) is 4.31 Å². The number of hydrogen-bond acceptors (Lipinski definition) is 4. The molecule has 1 aromatic rings. The number of hydrogen-bond donors (Lipinski definition) is 2. The van der Waals surface area contributed by atoms with Crippen molar-refractivity contribution in [1.29, 1.82) is 0 Å². The van der Waals surface area contributed by atoms with Gasteiger partial charge in [-0.25, -0.2) is 8.42 Å². The highest BCUT2D eigenvalue weighted by Crippen LogP contribution is 2.17. The zero-order valence-corrected chi connectivity index (χ0v) is 17.3. The third-order valence-corrected chi connectivity index (χ3v) is 6.81. The smallest absolute Gasteiger partial charge is 0.251 e. The first kappa shape index (κ1) is 22.9. The van der Waals surface area contributed by atoms with Crippen molar-refractivity contribution in [3.8, 4) is 0 Å². The van der Waals surface area contributed by atoms with E-state index in [0.29, 0.717) is 18.0 Å². The molecule has 1 heterocycles. The zero-order chi connectivity index (χ0) is 18.4. The largest absolute Gasteiger partial charge is 0.352 e. The number of nitrogens with zero attached hydrogens (tertiary/aromatic N) is 1. The predicted octanol–water partition coefficient (Wildman–Crippen LogP) is 2.26. The number of amides is 1. The number of sulfonamides is 1. The summed E-state index contributed by atoms with van der Waals surface area (Å²) in [6.45, 7) is 6.39. The van der Waals surface area contributed by atoms with Crippen LogP contribution in [0.1, 0.15) is 43.5 Å². The van der Waals surface area contributed by atoms with Gasteiger partial charge in [0.2, 0.25) is 10.0 Å². The molecule has 148 valence electrons. The quantitative estimate of drug-likeness (QED) is 0.731. The number of carbonyl (C=O) groups is 1. The molecular formula is C18H30ClN3O3S. The average molecular weight is 404 g/mol. The van der Waals surface area contributed by atoms with Gasteiger partial charge in [-0.1, -0.05) is 0 Å². The molecule has 1 saturated heterocycles. The topological polar surface area (TPSA) is 78.5 Å². The molecule has 0 aromatic heterocycles. The number of halogens is 1. The summed E-state index contributed by atoms with van der Waals surface area (Å²) in [5.74, 6) is 0.457. The first-order valence-electron chi connectivity index (χ1n) is 8.89. The van der Waals surface area contributed by atoms with Gasteiger partial charge < -0.3 is 10.6 Å². The zero-order valence-electron chi connectivity index (χ0n) is 15.7. The molecule has 6 nitrogen and oxygen atoms in total. The van der Waals surface area contributed by atoms with Crippen LogP contribution in [0.25, 0.3) is 0 Å². The van der Waals surface area contributed by atoms with Gasteiger partial charge in [0, 0.05) is 25.2 Å². The lowest BCUT2D eigenvalue weighted by Gasteiger charge is -2.22. The van der Waals surface area contributed by atoms with E-state index in [1.165, 1.54) is 29.3 Å². The maximum atomic E-state index is 12.4. The van der Waals surface area contributed by atoms with E-state index in [-0.39, 0.29) is 29.3 Å². The van der Waals surface area contributed by atoms with Crippen molar-refractivity contribution in [2.24, 2.45) is 5.92 Å². The number of carbonyl (C=O) groups excluding carboxylic acids is 1. The first-order valence-corrected chi connectivity index (χ1v) is 10.3. The summed E-state index contributed by atoms with van der Waals surface area (Å²) < 4.78 is 26.2. The summed E-state index contributed by atoms with van der Waals surface area (Å²) in [5, 5.41) is 6.29. The third-order valence-electron chi connectivity index (χ3n) is 4.76. The third kappa shape index (κ3) is 5.94. The molecule has 1 aliphatic rings. The molecule has 0 radical (unpaired) electrons. The Morgan fingerprint density at radius 1 is 1.31 bits per heavy atom. The SMILES string of the molecule is CC(C)N(C)S(=O)(=O)c1ccc(C(=O)NCCC2CCCNC2)cc1.Cl. The summed E-state index contributed by atoms with van der Waals surface area (Å²) in [5.41, 5.74) is 0.480. The van der Waals surface area contributed by atoms with Crippen LogP contribution in [0.5, 0.6) is 0 Å². The minimum absolute atomic E-state index is 0. The van der Waals surface area contributed by atoms with Crippen LogP contribution in [0.3, 0.4) is 0 Å². The molecule has 0 bridgehead atoms. The van der Waals surface area contributed by atoms with Crippen LogP contribution in [-0.4, -0.2) is 51.4 Å². The molecule has 1 aliphatic heterocycles. The van der Waals surface area contributed by atoms with Gasteiger partial charge in [-0.3, -0.25) is 4.79 Å². The lowest BCUT2D eigenvalue weighted by molar-refractivity contribution is 0.0950. The molecule has 1 amide bonds. The Balaban J connectivity index is 0.00000338. The number of piperidine rings is 1. The summed E-state index contributed by atoms with van der Waals surface area (Å²) >= 11 is 0. The van der Waals surface area contributed by atoms with Crippen LogP contribution in [0.2, 0.25) is 0 Å². The normalized spacial score (nSPS) is 17.8. The van der Waals surface area contributed by atoms with Gasteiger partial charge in [-0.15, -0.1) is 12.4 Å². The minimum Gasteiger partial charge on any atom is -0.352 e. The number of benzene rings is 1. The lowest BCUT2D eigenvalue weighted by Crippen LogP contribution is -2.33. The summed E-state index contributed by atoms with van der Waals surface area (Å²) in [4.78, 5) is 12.4. The second-order valence-electron chi connectivity index (χ2n) is 6.90. The van der Waals surface area contributed by atoms with Crippen molar-refractivity contribution in [2.45, 2.75) is 44.0 Å². The second-order valence-corrected chi connectivity index (χ2v) is 8.89. The fourth-order valence-corrected chi connectivity index (χ4v) is 4.25. The van der Waals surface area contributed by atoms with Crippen LogP contribution in [0.4, 0.5) is 0 Å². The fraction of sp³-hybridized carbons (Fsp3) is 0.611. The highest BCUT2D eigenvalue weighted by molar-refractivity contribution is 7.89. The van der Waals surface area contributed by atoms with Crippen LogP contribution in [0, 0.1) is 5.92 Å². The van der Waals surface area contributed by atoms with Gasteiger partial charge in [-0.05, 0) is 76.4 Å². The summed E-state index contributed by atoms with van der Waals surface area (Å²) in [6, 6.07) is 6.00. The summed E-state index contributed by atoms with van der Waals surface area (Å²) in [7, 11) is -1.96. The molecule has 1 atom stereocenters. The Hall–Kier alpha value is -1.15. The van der Waals surface area contributed by atoms with E-state index in [9.17, 15) is 13.2 Å².